The Morgan fingerprint density at radius 3 is 3.15 bits per heavy atom. The van der Waals surface area contributed by atoms with E-state index in [0.717, 1.165) is 6.42 Å². The van der Waals surface area contributed by atoms with Gasteiger partial charge >= 0.3 is 0 Å². The molecule has 0 aromatic rings. The largest absolute Gasteiger partial charge is 0.292 e. The lowest BCUT2D eigenvalue weighted by atomic mass is 10.1. The molecule has 13 heavy (non-hydrogen) atoms. The number of nitrogens with one attached hydrogen (secondary N) is 2. The molecule has 2 saturated heterocycles. The maximum absolute atomic E-state index is 11.6. The van der Waals surface area contributed by atoms with Crippen LogP contribution in [0.1, 0.15) is 19.8 Å². The number of carbonyl (C=O) groups is 1. The first-order chi connectivity index (χ1) is 6.20. The van der Waals surface area contributed by atoms with E-state index in [2.05, 4.69) is 17.7 Å². The molecule has 4 nitrogen and oxygen atoms in total. The monoisotopic (exact) mass is 203 g/mol. The van der Waals surface area contributed by atoms with Crippen molar-refractivity contribution in [2.75, 3.05) is 5.88 Å². The van der Waals surface area contributed by atoms with Crippen molar-refractivity contribution in [2.45, 2.75) is 38.0 Å². The lowest BCUT2D eigenvalue weighted by Crippen LogP contribution is -2.58. The van der Waals surface area contributed by atoms with Crippen LogP contribution in [0, 0.1) is 0 Å². The minimum atomic E-state index is 0.139. The van der Waals surface area contributed by atoms with Crippen molar-refractivity contribution < 1.29 is 4.79 Å². The number of halogens is 1. The number of hydrogen-bond acceptors (Lipinski definition) is 3. The van der Waals surface area contributed by atoms with Gasteiger partial charge in [0, 0.05) is 24.4 Å². The van der Waals surface area contributed by atoms with E-state index < -0.39 is 0 Å². The Morgan fingerprint density at radius 2 is 2.46 bits per heavy atom. The molecule has 2 N–H and O–H groups in total. The average Bonchev–Trinajstić information content (AvgIpc) is 2.46. The summed E-state index contributed by atoms with van der Waals surface area (Å²) in [6.45, 7) is 2.07. The van der Waals surface area contributed by atoms with Crippen LogP contribution in [-0.4, -0.2) is 35.0 Å². The van der Waals surface area contributed by atoms with Gasteiger partial charge in [-0.2, -0.15) is 0 Å². The molecule has 1 amide bonds. The Kier molecular flexibility index (Phi) is 2.45. The Labute approximate surface area is 82.6 Å². The average molecular weight is 204 g/mol. The molecule has 0 spiro atoms. The van der Waals surface area contributed by atoms with Crippen LogP contribution in [0.5, 0.6) is 0 Å². The van der Waals surface area contributed by atoms with Gasteiger partial charge in [-0.05, 0) is 13.3 Å². The Bertz CT molecular complexity index is 223. The number of hydrogen-bond donors (Lipinski definition) is 2. The third-order valence-electron chi connectivity index (χ3n) is 2.55. The number of carbonyl (C=O) groups excluding carboxylic acids is 1. The molecule has 5 heteroatoms. The summed E-state index contributed by atoms with van der Waals surface area (Å²) in [5, 5.41) is 5.04. The highest BCUT2D eigenvalue weighted by molar-refractivity contribution is 6.18. The topological polar surface area (TPSA) is 44.4 Å². The van der Waals surface area contributed by atoms with Gasteiger partial charge in [-0.15, -0.1) is 11.6 Å². The summed E-state index contributed by atoms with van der Waals surface area (Å²) >= 11 is 5.72. The first kappa shape index (κ1) is 9.24. The summed E-state index contributed by atoms with van der Waals surface area (Å²) in [5.41, 5.74) is 3.13. The minimum Gasteiger partial charge on any atom is -0.292 e. The molecule has 0 saturated carbocycles. The predicted molar refractivity (Wildman–Crippen MR) is 50.1 cm³/mol. The smallest absolute Gasteiger partial charge is 0.239 e. The molecule has 3 unspecified atom stereocenters. The van der Waals surface area contributed by atoms with E-state index in [1.165, 1.54) is 0 Å². The fourth-order valence-corrected chi connectivity index (χ4v) is 2.15. The molecule has 2 heterocycles. The van der Waals surface area contributed by atoms with Gasteiger partial charge < -0.3 is 0 Å². The lowest BCUT2D eigenvalue weighted by Gasteiger charge is -2.34. The normalized spacial score (nSPS) is 39.4. The van der Waals surface area contributed by atoms with Crippen LogP contribution in [0.25, 0.3) is 0 Å². The fourth-order valence-electron chi connectivity index (χ4n) is 1.95. The predicted octanol–water partition coefficient (Wildman–Crippen LogP) is 0.0386. The zero-order valence-corrected chi connectivity index (χ0v) is 8.34. The molecular weight excluding hydrogens is 190 g/mol. The van der Waals surface area contributed by atoms with E-state index >= 15 is 0 Å². The van der Waals surface area contributed by atoms with Crippen molar-refractivity contribution in [3.8, 4) is 0 Å². The highest BCUT2D eigenvalue weighted by atomic mass is 35.5. The number of nitrogens with zero attached hydrogens (tertiary/aromatic N) is 1. The Morgan fingerprint density at radius 1 is 1.69 bits per heavy atom. The van der Waals surface area contributed by atoms with Gasteiger partial charge in [0.2, 0.25) is 5.91 Å². The van der Waals surface area contributed by atoms with Gasteiger partial charge in [0.15, 0.2) is 0 Å². The molecule has 2 aliphatic rings. The molecule has 74 valence electrons. The zero-order chi connectivity index (χ0) is 9.42. The highest BCUT2D eigenvalue weighted by Gasteiger charge is 2.38. The minimum absolute atomic E-state index is 0.139. The van der Waals surface area contributed by atoms with Crippen LogP contribution in [0.3, 0.4) is 0 Å². The second-order valence-corrected chi connectivity index (χ2v) is 4.08. The molecule has 0 radical (unpaired) electrons. The van der Waals surface area contributed by atoms with Crippen molar-refractivity contribution in [3.63, 3.8) is 0 Å². The molecule has 0 aliphatic carbocycles. The van der Waals surface area contributed by atoms with Crippen LogP contribution >= 0.6 is 11.6 Å². The maximum Gasteiger partial charge on any atom is 0.239 e. The SMILES string of the molecule is CC1CC2NC(CCl)CC(=O)N2N1. The van der Waals surface area contributed by atoms with Gasteiger partial charge in [0.25, 0.3) is 0 Å². The van der Waals surface area contributed by atoms with Gasteiger partial charge in [-0.3, -0.25) is 15.1 Å². The van der Waals surface area contributed by atoms with Crippen LogP contribution < -0.4 is 10.7 Å². The van der Waals surface area contributed by atoms with E-state index in [4.69, 9.17) is 11.6 Å². The summed E-state index contributed by atoms with van der Waals surface area (Å²) in [7, 11) is 0. The second-order valence-electron chi connectivity index (χ2n) is 3.77. The molecule has 2 fully saturated rings. The van der Waals surface area contributed by atoms with Gasteiger partial charge in [-0.25, -0.2) is 5.43 Å². The summed E-state index contributed by atoms with van der Waals surface area (Å²) in [5.74, 6) is 0.656. The van der Waals surface area contributed by atoms with Crippen molar-refractivity contribution in [1.82, 2.24) is 15.8 Å². The van der Waals surface area contributed by atoms with Crippen molar-refractivity contribution >= 4 is 17.5 Å². The maximum atomic E-state index is 11.6. The van der Waals surface area contributed by atoms with E-state index in [1.54, 1.807) is 5.01 Å². The molecule has 0 aromatic heterocycles. The highest BCUT2D eigenvalue weighted by Crippen LogP contribution is 2.19. The van der Waals surface area contributed by atoms with Gasteiger partial charge in [-0.1, -0.05) is 0 Å². The third kappa shape index (κ3) is 1.66. The van der Waals surface area contributed by atoms with Crippen LogP contribution in [0.15, 0.2) is 0 Å². The summed E-state index contributed by atoms with van der Waals surface area (Å²) in [4.78, 5) is 11.6. The summed E-state index contributed by atoms with van der Waals surface area (Å²) < 4.78 is 0. The first-order valence-electron chi connectivity index (χ1n) is 4.61. The zero-order valence-electron chi connectivity index (χ0n) is 7.59. The van der Waals surface area contributed by atoms with Gasteiger partial charge in [0.1, 0.15) is 0 Å². The third-order valence-corrected chi connectivity index (χ3v) is 2.92. The number of amides is 1. The first-order valence-corrected chi connectivity index (χ1v) is 5.14. The molecule has 3 atom stereocenters. The summed E-state index contributed by atoms with van der Waals surface area (Å²) in [6, 6.07) is 0.512. The van der Waals surface area contributed by atoms with E-state index in [0.29, 0.717) is 18.3 Å². The lowest BCUT2D eigenvalue weighted by molar-refractivity contribution is -0.139. The molecule has 0 aromatic carbocycles. The molecular formula is C8H14ClN3O. The van der Waals surface area contributed by atoms with Crippen molar-refractivity contribution in [3.05, 3.63) is 0 Å². The van der Waals surface area contributed by atoms with E-state index in [1.807, 2.05) is 0 Å². The van der Waals surface area contributed by atoms with Crippen molar-refractivity contribution in [2.24, 2.45) is 0 Å². The Hall–Kier alpha value is -0.320. The summed E-state index contributed by atoms with van der Waals surface area (Å²) in [6.07, 6.45) is 1.60. The number of fused-ring (bicyclic) bond motifs is 1. The van der Waals surface area contributed by atoms with Crippen molar-refractivity contribution in [1.29, 1.82) is 0 Å². The van der Waals surface area contributed by atoms with Crippen LogP contribution in [0.2, 0.25) is 0 Å². The molecule has 2 rings (SSSR count). The van der Waals surface area contributed by atoms with E-state index in [9.17, 15) is 4.79 Å². The fraction of sp³-hybridized carbons (Fsp3) is 0.875. The van der Waals surface area contributed by atoms with Gasteiger partial charge in [0.05, 0.1) is 6.17 Å². The number of hydrazine groups is 1. The quantitative estimate of drug-likeness (QED) is 0.592. The molecule has 2 aliphatic heterocycles. The molecule has 0 bridgehead atoms. The number of rotatable bonds is 1. The Balaban J connectivity index is 2.06. The second kappa shape index (κ2) is 3.44. The van der Waals surface area contributed by atoms with Crippen LogP contribution in [0.4, 0.5) is 0 Å². The van der Waals surface area contributed by atoms with Crippen LogP contribution in [-0.2, 0) is 4.79 Å². The number of alkyl halides is 1. The van der Waals surface area contributed by atoms with E-state index in [-0.39, 0.29) is 18.1 Å². The standard InChI is InChI=1S/C8H14ClN3O/c1-5-2-7-10-6(4-9)3-8(13)12(7)11-5/h5-7,10-11H,2-4H2,1H3.